The average molecular weight is 283 g/mol. The average Bonchev–Trinajstić information content (AvgIpc) is 2.44. The molecule has 0 aliphatic carbocycles. The lowest BCUT2D eigenvalue weighted by Crippen LogP contribution is -2.51. The summed E-state index contributed by atoms with van der Waals surface area (Å²) in [7, 11) is 4.40. The van der Waals surface area contributed by atoms with E-state index in [0.29, 0.717) is 6.04 Å². The number of hydrogen-bond acceptors (Lipinski definition) is 3. The van der Waals surface area contributed by atoms with Gasteiger partial charge in [0.05, 0.1) is 6.54 Å². The number of likely N-dealkylation sites (N-methyl/N-ethyl adjacent to an activating group) is 2. The van der Waals surface area contributed by atoms with Crippen molar-refractivity contribution in [3.63, 3.8) is 0 Å². The Kier molecular flexibility index (Phi) is 8.62. The second-order valence-electron chi connectivity index (χ2n) is 5.75. The van der Waals surface area contributed by atoms with Gasteiger partial charge in [-0.1, -0.05) is 19.8 Å². The molecule has 0 aromatic heterocycles. The second-order valence-corrected chi connectivity index (χ2v) is 5.75. The molecule has 1 aliphatic heterocycles. The van der Waals surface area contributed by atoms with E-state index < -0.39 is 0 Å². The second kappa shape index (κ2) is 10.00. The number of nitrogens with one attached hydrogen (secondary N) is 2. The van der Waals surface area contributed by atoms with Gasteiger partial charge < -0.3 is 15.5 Å². The minimum Gasteiger partial charge on any atom is -0.357 e. The predicted molar refractivity (Wildman–Crippen MR) is 87.4 cm³/mol. The maximum atomic E-state index is 4.75. The highest BCUT2D eigenvalue weighted by Gasteiger charge is 2.21. The zero-order valence-corrected chi connectivity index (χ0v) is 13.8. The van der Waals surface area contributed by atoms with Crippen molar-refractivity contribution < 1.29 is 0 Å². The molecule has 20 heavy (non-hydrogen) atoms. The number of hydrogen-bond donors (Lipinski definition) is 2. The van der Waals surface area contributed by atoms with Crippen molar-refractivity contribution in [3.05, 3.63) is 0 Å². The van der Waals surface area contributed by atoms with Gasteiger partial charge in [0, 0.05) is 38.8 Å². The first kappa shape index (κ1) is 17.2. The summed E-state index contributed by atoms with van der Waals surface area (Å²) in [5, 5.41) is 6.76. The van der Waals surface area contributed by atoms with Crippen LogP contribution in [0.5, 0.6) is 0 Å². The van der Waals surface area contributed by atoms with Crippen LogP contribution in [0, 0.1) is 0 Å². The normalized spacial score (nSPS) is 22.0. The lowest BCUT2D eigenvalue weighted by atomic mass is 10.2. The number of piperazine rings is 1. The smallest absolute Gasteiger partial charge is 0.191 e. The zero-order valence-electron chi connectivity index (χ0n) is 13.8. The highest BCUT2D eigenvalue weighted by Crippen LogP contribution is 2.06. The molecule has 0 radical (unpaired) electrons. The topological polar surface area (TPSA) is 42.9 Å². The van der Waals surface area contributed by atoms with Gasteiger partial charge in [0.25, 0.3) is 0 Å². The van der Waals surface area contributed by atoms with Crippen molar-refractivity contribution in [1.82, 2.24) is 20.4 Å². The molecule has 0 aromatic carbocycles. The Balaban J connectivity index is 2.39. The SMILES string of the molecule is CCCCCNC(=NCC1CN(C)CCN1C)NCC. The van der Waals surface area contributed by atoms with Gasteiger partial charge in [0.1, 0.15) is 0 Å². The number of aliphatic imine (C=N–C) groups is 1. The number of guanidine groups is 1. The molecule has 1 atom stereocenters. The molecule has 0 amide bonds. The van der Waals surface area contributed by atoms with E-state index in [2.05, 4.69) is 48.4 Å². The molecule has 5 nitrogen and oxygen atoms in total. The molecule has 118 valence electrons. The molecule has 1 heterocycles. The third-order valence-electron chi connectivity index (χ3n) is 3.86. The van der Waals surface area contributed by atoms with Gasteiger partial charge in [0.15, 0.2) is 5.96 Å². The largest absolute Gasteiger partial charge is 0.357 e. The van der Waals surface area contributed by atoms with Crippen LogP contribution in [0.4, 0.5) is 0 Å². The predicted octanol–water partition coefficient (Wildman–Crippen LogP) is 0.978. The summed E-state index contributed by atoms with van der Waals surface area (Å²) in [4.78, 5) is 9.56. The first-order chi connectivity index (χ1) is 9.67. The molecule has 1 fully saturated rings. The van der Waals surface area contributed by atoms with Gasteiger partial charge >= 0.3 is 0 Å². The van der Waals surface area contributed by atoms with E-state index in [1.807, 2.05) is 0 Å². The first-order valence-corrected chi connectivity index (χ1v) is 8.08. The van der Waals surface area contributed by atoms with E-state index in [9.17, 15) is 0 Å². The van der Waals surface area contributed by atoms with Crippen molar-refractivity contribution in [2.75, 3.05) is 53.4 Å². The Labute approximate surface area is 124 Å². The number of nitrogens with zero attached hydrogens (tertiary/aromatic N) is 3. The standard InChI is InChI=1S/C15H33N5/c1-5-7-8-9-17-15(16-6-2)18-12-14-13-19(3)10-11-20(14)4/h14H,5-13H2,1-4H3,(H2,16,17,18). The molecule has 1 aliphatic rings. The van der Waals surface area contributed by atoms with Crippen LogP contribution in [0.3, 0.4) is 0 Å². The van der Waals surface area contributed by atoms with Crippen LogP contribution in [0.1, 0.15) is 33.1 Å². The highest BCUT2D eigenvalue weighted by atomic mass is 15.3. The van der Waals surface area contributed by atoms with Crippen LogP contribution >= 0.6 is 0 Å². The van der Waals surface area contributed by atoms with Crippen LogP contribution in [-0.2, 0) is 0 Å². The Morgan fingerprint density at radius 1 is 1.15 bits per heavy atom. The van der Waals surface area contributed by atoms with Gasteiger partial charge in [-0.2, -0.15) is 0 Å². The summed E-state index contributed by atoms with van der Waals surface area (Å²) in [6, 6.07) is 0.528. The Morgan fingerprint density at radius 3 is 2.65 bits per heavy atom. The van der Waals surface area contributed by atoms with E-state index >= 15 is 0 Å². The Bertz CT molecular complexity index is 279. The molecule has 1 rings (SSSR count). The van der Waals surface area contributed by atoms with Gasteiger partial charge in [-0.05, 0) is 27.4 Å². The van der Waals surface area contributed by atoms with E-state index in [-0.39, 0.29) is 0 Å². The molecule has 0 aromatic rings. The fourth-order valence-electron chi connectivity index (χ4n) is 2.42. The maximum Gasteiger partial charge on any atom is 0.191 e. The summed E-state index contributed by atoms with van der Waals surface area (Å²) in [6.07, 6.45) is 3.75. The molecule has 0 bridgehead atoms. The fourth-order valence-corrected chi connectivity index (χ4v) is 2.42. The van der Waals surface area contributed by atoms with Crippen molar-refractivity contribution in [1.29, 1.82) is 0 Å². The van der Waals surface area contributed by atoms with Gasteiger partial charge in [-0.15, -0.1) is 0 Å². The van der Waals surface area contributed by atoms with Crippen LogP contribution < -0.4 is 10.6 Å². The van der Waals surface area contributed by atoms with E-state index in [1.165, 1.54) is 19.3 Å². The lowest BCUT2D eigenvalue weighted by molar-refractivity contribution is 0.119. The van der Waals surface area contributed by atoms with Gasteiger partial charge in [-0.3, -0.25) is 9.89 Å². The molecule has 1 unspecified atom stereocenters. The van der Waals surface area contributed by atoms with Crippen molar-refractivity contribution in [2.45, 2.75) is 39.2 Å². The highest BCUT2D eigenvalue weighted by molar-refractivity contribution is 5.79. The van der Waals surface area contributed by atoms with Gasteiger partial charge in [0.2, 0.25) is 0 Å². The summed E-state index contributed by atoms with van der Waals surface area (Å²) >= 11 is 0. The molecule has 0 spiro atoms. The minimum atomic E-state index is 0.528. The van der Waals surface area contributed by atoms with E-state index in [1.54, 1.807) is 0 Å². The van der Waals surface area contributed by atoms with Gasteiger partial charge in [-0.25, -0.2) is 0 Å². The van der Waals surface area contributed by atoms with E-state index in [0.717, 1.165) is 45.2 Å². The monoisotopic (exact) mass is 283 g/mol. The summed E-state index contributed by atoms with van der Waals surface area (Å²) < 4.78 is 0. The summed E-state index contributed by atoms with van der Waals surface area (Å²) in [5.41, 5.74) is 0. The van der Waals surface area contributed by atoms with Crippen molar-refractivity contribution in [3.8, 4) is 0 Å². The number of unbranched alkanes of at least 4 members (excludes halogenated alkanes) is 2. The lowest BCUT2D eigenvalue weighted by Gasteiger charge is -2.36. The Hall–Kier alpha value is -0.810. The molecule has 2 N–H and O–H groups in total. The Morgan fingerprint density at radius 2 is 1.95 bits per heavy atom. The van der Waals surface area contributed by atoms with Crippen LogP contribution in [0.2, 0.25) is 0 Å². The quantitative estimate of drug-likeness (QED) is 0.415. The third kappa shape index (κ3) is 6.57. The molecule has 0 saturated carbocycles. The zero-order chi connectivity index (χ0) is 14.8. The minimum absolute atomic E-state index is 0.528. The molecule has 1 saturated heterocycles. The van der Waals surface area contributed by atoms with Crippen molar-refractivity contribution in [2.24, 2.45) is 4.99 Å². The maximum absolute atomic E-state index is 4.75. The molecular weight excluding hydrogens is 250 g/mol. The van der Waals surface area contributed by atoms with Crippen molar-refractivity contribution >= 4 is 5.96 Å². The van der Waals surface area contributed by atoms with Crippen LogP contribution in [0.25, 0.3) is 0 Å². The van der Waals surface area contributed by atoms with Crippen LogP contribution in [-0.4, -0.2) is 75.2 Å². The summed E-state index contributed by atoms with van der Waals surface area (Å²) in [5.74, 6) is 0.963. The first-order valence-electron chi connectivity index (χ1n) is 8.08. The third-order valence-corrected chi connectivity index (χ3v) is 3.86. The van der Waals surface area contributed by atoms with Crippen LogP contribution in [0.15, 0.2) is 4.99 Å². The number of rotatable bonds is 7. The van der Waals surface area contributed by atoms with E-state index in [4.69, 9.17) is 4.99 Å². The molecule has 5 heteroatoms. The summed E-state index contributed by atoms with van der Waals surface area (Å²) in [6.45, 7) is 10.5. The fraction of sp³-hybridized carbons (Fsp3) is 0.933. The molecular formula is C15H33N5.